The molecule has 54 heavy (non-hydrogen) atoms. The monoisotopic (exact) mass is 736 g/mol. The summed E-state index contributed by atoms with van der Waals surface area (Å²) >= 11 is 0. The van der Waals surface area contributed by atoms with E-state index in [1.54, 1.807) is 38.4 Å². The van der Waals surface area contributed by atoms with Gasteiger partial charge in [0.15, 0.2) is 0 Å². The Labute approximate surface area is 316 Å². The third-order valence-electron chi connectivity index (χ3n) is 10.4. The fourth-order valence-corrected chi connectivity index (χ4v) is 7.40. The van der Waals surface area contributed by atoms with Crippen LogP contribution in [0, 0.1) is 11.7 Å². The van der Waals surface area contributed by atoms with E-state index in [1.807, 2.05) is 27.0 Å². The first-order valence-corrected chi connectivity index (χ1v) is 19.1. The molecule has 0 saturated heterocycles. The molecular weight excluding hydrogens is 684 g/mol. The normalized spacial score (nSPS) is 18.0. The number of aryl methyl sites for hydroxylation is 1. The van der Waals surface area contributed by atoms with E-state index >= 15 is 4.39 Å². The minimum absolute atomic E-state index is 0.0327. The number of anilines is 1. The quantitative estimate of drug-likeness (QED) is 0.136. The molecule has 1 aromatic heterocycles. The number of hydrogen-bond acceptors (Lipinski definition) is 10. The van der Waals surface area contributed by atoms with Gasteiger partial charge in [-0.2, -0.15) is 9.97 Å². The fourth-order valence-electron chi connectivity index (χ4n) is 7.40. The highest BCUT2D eigenvalue weighted by Crippen LogP contribution is 2.37. The number of aromatic hydroxyl groups is 1. The molecule has 0 spiro atoms. The lowest BCUT2D eigenvalue weighted by Gasteiger charge is -2.26. The van der Waals surface area contributed by atoms with Gasteiger partial charge < -0.3 is 30.7 Å². The number of nitrogens with zero attached hydrogens (tertiary/aromatic N) is 6. The molecule has 0 radical (unpaired) electrons. The SMILES string of the molecule is CCc1c(F)ccc2cc(O)cc(-c3cc4nc(OC(C)CCCCNC)nc(N5CCCN=C(/C=C(\N)C(=O)N(C)C)C5)c4c4c3=NC(C)C(C)C=4)c12. The van der Waals surface area contributed by atoms with E-state index in [-0.39, 0.29) is 47.2 Å². The molecule has 3 heterocycles. The van der Waals surface area contributed by atoms with Gasteiger partial charge in [-0.05, 0) is 118 Å². The summed E-state index contributed by atoms with van der Waals surface area (Å²) in [6.07, 6.45) is 7.82. The van der Waals surface area contributed by atoms with Gasteiger partial charge in [-0.25, -0.2) is 4.39 Å². The number of nitrogens with two attached hydrogens (primary N) is 1. The topological polar surface area (TPSA) is 142 Å². The molecule has 11 nitrogen and oxygen atoms in total. The lowest BCUT2D eigenvalue weighted by atomic mass is 9.89. The molecule has 3 unspecified atom stereocenters. The number of nitrogens with one attached hydrogen (secondary N) is 1. The predicted molar refractivity (Wildman–Crippen MR) is 215 cm³/mol. The number of carbonyl (C=O) groups excluding carboxylic acids is 1. The minimum Gasteiger partial charge on any atom is -0.508 e. The van der Waals surface area contributed by atoms with E-state index in [2.05, 4.69) is 30.1 Å². The predicted octanol–water partition coefficient (Wildman–Crippen LogP) is 5.03. The lowest BCUT2D eigenvalue weighted by molar-refractivity contribution is -0.124. The molecular formula is C42H53FN8O3. The minimum atomic E-state index is -0.290. The molecule has 0 fully saturated rings. The summed E-state index contributed by atoms with van der Waals surface area (Å²) < 4.78 is 21.9. The maximum Gasteiger partial charge on any atom is 0.319 e. The van der Waals surface area contributed by atoms with Gasteiger partial charge in [-0.1, -0.05) is 26.0 Å². The van der Waals surface area contributed by atoms with Crippen LogP contribution in [0.3, 0.4) is 0 Å². The van der Waals surface area contributed by atoms with Crippen LogP contribution >= 0.6 is 0 Å². The Morgan fingerprint density at radius 3 is 2.70 bits per heavy atom. The van der Waals surface area contributed by atoms with E-state index < -0.39 is 0 Å². The highest BCUT2D eigenvalue weighted by molar-refractivity contribution is 6.07. The zero-order chi connectivity index (χ0) is 38.7. The highest BCUT2D eigenvalue weighted by Gasteiger charge is 2.26. The summed E-state index contributed by atoms with van der Waals surface area (Å²) in [6, 6.07) is 8.76. The van der Waals surface area contributed by atoms with Crippen molar-refractivity contribution in [3.63, 3.8) is 0 Å². The third kappa shape index (κ3) is 8.03. The smallest absolute Gasteiger partial charge is 0.319 e. The number of benzene rings is 3. The second kappa shape index (κ2) is 16.5. The standard InChI is InChI=1S/C42H53FN8O3/c1-8-30-34(43)14-13-27-19-29(52)21-31(37(27)30)32-22-36-38(33-18-24(2)26(4)47-39(32)33)40(49-42(48-36)54-25(3)12-9-10-15-45-5)51-17-11-16-46-28(23-51)20-35(44)41(53)50(6)7/h13-14,18-22,24-26,45,52H,8-12,15-17,23,44H2,1-7H3/b35-20-. The molecule has 3 atom stereocenters. The molecule has 0 saturated carbocycles. The van der Waals surface area contributed by atoms with Gasteiger partial charge in [-0.15, -0.1) is 0 Å². The van der Waals surface area contributed by atoms with Crippen molar-refractivity contribution in [2.45, 2.75) is 71.9 Å². The largest absolute Gasteiger partial charge is 0.508 e. The van der Waals surface area contributed by atoms with Gasteiger partial charge in [0.1, 0.15) is 17.4 Å². The van der Waals surface area contributed by atoms with E-state index in [0.717, 1.165) is 64.5 Å². The first kappa shape index (κ1) is 38.6. The number of carbonyl (C=O) groups is 1. The number of rotatable bonds is 12. The van der Waals surface area contributed by atoms with E-state index in [0.29, 0.717) is 54.2 Å². The van der Waals surface area contributed by atoms with Crippen LogP contribution in [0.5, 0.6) is 11.8 Å². The first-order chi connectivity index (χ1) is 25.9. The molecule has 286 valence electrons. The molecule has 2 aliphatic heterocycles. The van der Waals surface area contributed by atoms with Gasteiger partial charge in [0.25, 0.3) is 5.91 Å². The van der Waals surface area contributed by atoms with Gasteiger partial charge in [0.2, 0.25) is 0 Å². The van der Waals surface area contributed by atoms with Crippen molar-refractivity contribution in [1.82, 2.24) is 20.2 Å². The van der Waals surface area contributed by atoms with Gasteiger partial charge in [-0.3, -0.25) is 14.8 Å². The summed E-state index contributed by atoms with van der Waals surface area (Å²) in [5.74, 6) is 0.281. The Kier molecular flexibility index (Phi) is 11.8. The van der Waals surface area contributed by atoms with Crippen molar-refractivity contribution < 1.29 is 19.0 Å². The Hall–Kier alpha value is -5.10. The molecule has 1 amide bonds. The number of amides is 1. The van der Waals surface area contributed by atoms with Crippen molar-refractivity contribution in [1.29, 1.82) is 0 Å². The van der Waals surface area contributed by atoms with E-state index in [1.165, 1.54) is 11.0 Å². The van der Waals surface area contributed by atoms with Crippen molar-refractivity contribution in [3.8, 4) is 22.9 Å². The Morgan fingerprint density at radius 2 is 1.96 bits per heavy atom. The van der Waals surface area contributed by atoms with Gasteiger partial charge in [0.05, 0.1) is 46.4 Å². The van der Waals surface area contributed by atoms with Crippen LogP contribution in [0.15, 0.2) is 52.1 Å². The number of unbranched alkanes of at least 4 members (excludes halogenated alkanes) is 1. The number of fused-ring (bicyclic) bond motifs is 4. The van der Waals surface area contributed by atoms with Crippen LogP contribution in [0.2, 0.25) is 0 Å². The first-order valence-electron chi connectivity index (χ1n) is 19.1. The van der Waals surface area contributed by atoms with Crippen molar-refractivity contribution in [2.75, 3.05) is 52.2 Å². The molecule has 3 aromatic carbocycles. The average Bonchev–Trinajstić information content (AvgIpc) is 3.38. The third-order valence-corrected chi connectivity index (χ3v) is 10.4. The number of ether oxygens (including phenoxy) is 1. The lowest BCUT2D eigenvalue weighted by Crippen LogP contribution is -2.38. The Bertz CT molecular complexity index is 2250. The van der Waals surface area contributed by atoms with Crippen LogP contribution in [0.4, 0.5) is 10.2 Å². The number of halogens is 1. The number of hydrogen-bond donors (Lipinski definition) is 3. The fraction of sp³-hybridized carbons (Fsp3) is 0.452. The van der Waals surface area contributed by atoms with E-state index in [9.17, 15) is 9.90 Å². The van der Waals surface area contributed by atoms with Crippen molar-refractivity contribution in [2.24, 2.45) is 21.6 Å². The van der Waals surface area contributed by atoms with Crippen LogP contribution in [0.25, 0.3) is 38.9 Å². The summed E-state index contributed by atoms with van der Waals surface area (Å²) in [6.45, 7) is 10.7. The number of phenolic OH excluding ortho intramolecular Hbond substituents is 1. The second-order valence-electron chi connectivity index (χ2n) is 14.8. The molecule has 6 rings (SSSR count). The van der Waals surface area contributed by atoms with Gasteiger partial charge >= 0.3 is 6.01 Å². The van der Waals surface area contributed by atoms with Crippen LogP contribution in [0.1, 0.15) is 58.9 Å². The van der Waals surface area contributed by atoms with Crippen LogP contribution in [-0.4, -0.2) is 91.1 Å². The van der Waals surface area contributed by atoms with E-state index in [4.69, 9.17) is 30.4 Å². The van der Waals surface area contributed by atoms with Gasteiger partial charge in [0, 0.05) is 38.0 Å². The zero-order valence-corrected chi connectivity index (χ0v) is 32.5. The second-order valence-corrected chi connectivity index (χ2v) is 14.8. The van der Waals surface area contributed by atoms with Crippen LogP contribution in [-0.2, 0) is 11.2 Å². The molecule has 2 aliphatic rings. The summed E-state index contributed by atoms with van der Waals surface area (Å²) in [7, 11) is 5.28. The number of likely N-dealkylation sites (N-methyl/N-ethyl adjacent to an activating group) is 1. The Morgan fingerprint density at radius 1 is 1.17 bits per heavy atom. The molecule has 4 aromatic rings. The molecule has 12 heteroatoms. The summed E-state index contributed by atoms with van der Waals surface area (Å²) in [4.78, 5) is 36.6. The maximum absolute atomic E-state index is 15.4. The number of aromatic nitrogens is 2. The number of phenols is 1. The zero-order valence-electron chi connectivity index (χ0n) is 32.5. The maximum atomic E-state index is 15.4. The summed E-state index contributed by atoms with van der Waals surface area (Å²) in [5.41, 5.74) is 9.70. The van der Waals surface area contributed by atoms with Crippen molar-refractivity contribution >= 4 is 45.2 Å². The Balaban J connectivity index is 1.62. The molecule has 4 N–H and O–H groups in total. The number of aliphatic imine (C=N–C) groups is 1. The average molecular weight is 737 g/mol. The van der Waals surface area contributed by atoms with Crippen molar-refractivity contribution in [3.05, 3.63) is 64.1 Å². The summed E-state index contributed by atoms with van der Waals surface area (Å²) in [5, 5.41) is 18.1. The molecule has 0 bridgehead atoms. The molecule has 0 aliphatic carbocycles. The van der Waals surface area contributed by atoms with Crippen LogP contribution < -0.4 is 31.3 Å². The highest BCUT2D eigenvalue weighted by atomic mass is 19.1.